The summed E-state index contributed by atoms with van der Waals surface area (Å²) in [6, 6.07) is 11.3. The molecular formula is C23H28F3N3O3S. The Kier molecular flexibility index (Phi) is 7.56. The Balaban J connectivity index is 1.69. The molecule has 0 spiro atoms. The van der Waals surface area contributed by atoms with Gasteiger partial charge < -0.3 is 10.2 Å². The van der Waals surface area contributed by atoms with E-state index in [1.165, 1.54) is 12.5 Å². The molecule has 2 aromatic carbocycles. The zero-order valence-corrected chi connectivity index (χ0v) is 19.4. The second-order valence-electron chi connectivity index (χ2n) is 8.25. The molecule has 0 bridgehead atoms. The van der Waals surface area contributed by atoms with Gasteiger partial charge in [0.25, 0.3) is 0 Å². The molecule has 1 fully saturated rings. The molecule has 1 unspecified atom stereocenters. The van der Waals surface area contributed by atoms with Gasteiger partial charge in [0.15, 0.2) is 0 Å². The standard InChI is InChI=1S/C23H28F3N3O3S/c1-17(18-9-11-20(12-10-18)28-13-4-3-5-14-28)27-22(30)16-29(33(2,31)32)21-8-6-7-19(15-21)23(24,25)26/h6-12,15,17H,3-5,13-14,16H2,1-2H3,(H,27,30). The molecule has 1 heterocycles. The van der Waals surface area contributed by atoms with E-state index in [0.29, 0.717) is 4.31 Å². The first kappa shape index (κ1) is 24.9. The van der Waals surface area contributed by atoms with Crippen LogP contribution in [0.4, 0.5) is 24.5 Å². The molecule has 0 saturated carbocycles. The second-order valence-corrected chi connectivity index (χ2v) is 10.2. The van der Waals surface area contributed by atoms with Gasteiger partial charge in [-0.2, -0.15) is 13.2 Å². The fraction of sp³-hybridized carbons (Fsp3) is 0.435. The van der Waals surface area contributed by atoms with Gasteiger partial charge in [0.05, 0.1) is 23.5 Å². The molecule has 1 atom stereocenters. The number of anilines is 2. The van der Waals surface area contributed by atoms with E-state index in [-0.39, 0.29) is 5.69 Å². The van der Waals surface area contributed by atoms with Gasteiger partial charge in [-0.3, -0.25) is 9.10 Å². The van der Waals surface area contributed by atoms with E-state index in [1.807, 2.05) is 24.3 Å². The summed E-state index contributed by atoms with van der Waals surface area (Å²) < 4.78 is 64.3. The van der Waals surface area contributed by atoms with Crippen molar-refractivity contribution in [1.82, 2.24) is 5.32 Å². The number of nitrogens with zero attached hydrogens (tertiary/aromatic N) is 2. The number of hydrogen-bond donors (Lipinski definition) is 1. The number of amides is 1. The third-order valence-electron chi connectivity index (χ3n) is 5.64. The molecule has 1 aliphatic rings. The summed E-state index contributed by atoms with van der Waals surface area (Å²) >= 11 is 0. The van der Waals surface area contributed by atoms with Crippen LogP contribution in [0.1, 0.15) is 43.4 Å². The van der Waals surface area contributed by atoms with E-state index in [1.54, 1.807) is 6.92 Å². The van der Waals surface area contributed by atoms with Crippen LogP contribution in [0.2, 0.25) is 0 Å². The van der Waals surface area contributed by atoms with E-state index >= 15 is 0 Å². The topological polar surface area (TPSA) is 69.7 Å². The van der Waals surface area contributed by atoms with Crippen molar-refractivity contribution in [1.29, 1.82) is 0 Å². The number of halogens is 3. The van der Waals surface area contributed by atoms with Crippen LogP contribution in [0.15, 0.2) is 48.5 Å². The van der Waals surface area contributed by atoms with Gasteiger partial charge in [-0.1, -0.05) is 18.2 Å². The minimum Gasteiger partial charge on any atom is -0.372 e. The molecule has 2 aromatic rings. The zero-order valence-electron chi connectivity index (χ0n) is 18.6. The molecule has 1 aliphatic heterocycles. The van der Waals surface area contributed by atoms with Crippen LogP contribution in [0.3, 0.4) is 0 Å². The highest BCUT2D eigenvalue weighted by molar-refractivity contribution is 7.92. The van der Waals surface area contributed by atoms with Crippen LogP contribution in [0.5, 0.6) is 0 Å². The third kappa shape index (κ3) is 6.63. The predicted molar refractivity (Wildman–Crippen MR) is 123 cm³/mol. The average molecular weight is 484 g/mol. The van der Waals surface area contributed by atoms with E-state index in [4.69, 9.17) is 0 Å². The zero-order chi connectivity index (χ0) is 24.2. The lowest BCUT2D eigenvalue weighted by Gasteiger charge is -2.29. The molecule has 0 aliphatic carbocycles. The highest BCUT2D eigenvalue weighted by Gasteiger charge is 2.32. The number of benzene rings is 2. The Morgan fingerprint density at radius 2 is 1.73 bits per heavy atom. The lowest BCUT2D eigenvalue weighted by Crippen LogP contribution is -2.41. The lowest BCUT2D eigenvalue weighted by atomic mass is 10.1. The fourth-order valence-electron chi connectivity index (χ4n) is 3.86. The van der Waals surface area contributed by atoms with Crippen molar-refractivity contribution in [3.8, 4) is 0 Å². The molecular weight excluding hydrogens is 455 g/mol. The van der Waals surface area contributed by atoms with Crippen molar-refractivity contribution >= 4 is 27.3 Å². The maximum atomic E-state index is 13.0. The summed E-state index contributed by atoms with van der Waals surface area (Å²) in [6.45, 7) is 3.17. The molecule has 180 valence electrons. The largest absolute Gasteiger partial charge is 0.416 e. The molecule has 3 rings (SSSR count). The number of alkyl halides is 3. The van der Waals surface area contributed by atoms with Gasteiger partial charge in [-0.25, -0.2) is 8.42 Å². The van der Waals surface area contributed by atoms with Crippen LogP contribution < -0.4 is 14.5 Å². The van der Waals surface area contributed by atoms with E-state index in [2.05, 4.69) is 10.2 Å². The number of rotatable bonds is 7. The quantitative estimate of drug-likeness (QED) is 0.636. The summed E-state index contributed by atoms with van der Waals surface area (Å²) in [6.07, 6.45) is -0.212. The van der Waals surface area contributed by atoms with Gasteiger partial charge in [0.2, 0.25) is 15.9 Å². The van der Waals surface area contributed by atoms with Crippen LogP contribution in [-0.2, 0) is 21.0 Å². The number of hydrogen-bond acceptors (Lipinski definition) is 4. The highest BCUT2D eigenvalue weighted by atomic mass is 32.2. The van der Waals surface area contributed by atoms with Crippen LogP contribution in [0, 0.1) is 0 Å². The van der Waals surface area contributed by atoms with Gasteiger partial charge in [-0.15, -0.1) is 0 Å². The number of nitrogens with one attached hydrogen (secondary N) is 1. The van der Waals surface area contributed by atoms with Crippen molar-refractivity contribution < 1.29 is 26.4 Å². The van der Waals surface area contributed by atoms with Gasteiger partial charge >= 0.3 is 6.18 Å². The van der Waals surface area contributed by atoms with Crippen LogP contribution in [-0.4, -0.2) is 40.2 Å². The Hall–Kier alpha value is -2.75. The summed E-state index contributed by atoms with van der Waals surface area (Å²) in [4.78, 5) is 14.9. The van der Waals surface area contributed by atoms with Crippen molar-refractivity contribution in [3.63, 3.8) is 0 Å². The molecule has 10 heteroatoms. The number of carbonyl (C=O) groups excluding carboxylic acids is 1. The van der Waals surface area contributed by atoms with Crippen molar-refractivity contribution in [2.75, 3.05) is 35.1 Å². The van der Waals surface area contributed by atoms with Gasteiger partial charge in [0, 0.05) is 18.8 Å². The second kappa shape index (κ2) is 10.0. The lowest BCUT2D eigenvalue weighted by molar-refractivity contribution is -0.137. The van der Waals surface area contributed by atoms with Crippen LogP contribution >= 0.6 is 0 Å². The van der Waals surface area contributed by atoms with E-state index < -0.39 is 40.3 Å². The fourth-order valence-corrected chi connectivity index (χ4v) is 4.71. The minimum absolute atomic E-state index is 0.221. The molecule has 1 N–H and O–H groups in total. The third-order valence-corrected chi connectivity index (χ3v) is 6.78. The van der Waals surface area contributed by atoms with Gasteiger partial charge in [-0.05, 0) is 62.1 Å². The SMILES string of the molecule is CC(NC(=O)CN(c1cccc(C(F)(F)F)c1)S(C)(=O)=O)c1ccc(N2CCCCC2)cc1. The van der Waals surface area contributed by atoms with E-state index in [9.17, 15) is 26.4 Å². The summed E-state index contributed by atoms with van der Waals surface area (Å²) in [5.41, 5.74) is 0.746. The Labute approximate surface area is 192 Å². The maximum Gasteiger partial charge on any atom is 0.416 e. The van der Waals surface area contributed by atoms with E-state index in [0.717, 1.165) is 61.6 Å². The average Bonchev–Trinajstić information content (AvgIpc) is 2.77. The summed E-state index contributed by atoms with van der Waals surface area (Å²) in [7, 11) is -3.99. The van der Waals surface area contributed by atoms with Gasteiger partial charge in [0.1, 0.15) is 6.54 Å². The first-order valence-corrected chi connectivity index (χ1v) is 12.6. The van der Waals surface area contributed by atoms with Crippen molar-refractivity contribution in [2.24, 2.45) is 0 Å². The first-order chi connectivity index (χ1) is 15.4. The smallest absolute Gasteiger partial charge is 0.372 e. The molecule has 1 amide bonds. The molecule has 1 saturated heterocycles. The summed E-state index contributed by atoms with van der Waals surface area (Å²) in [5, 5.41) is 2.73. The molecule has 6 nitrogen and oxygen atoms in total. The Bertz CT molecular complexity index is 1070. The maximum absolute atomic E-state index is 13.0. The highest BCUT2D eigenvalue weighted by Crippen LogP contribution is 2.32. The molecule has 0 aromatic heterocycles. The van der Waals surface area contributed by atoms with Crippen molar-refractivity contribution in [2.45, 2.75) is 38.4 Å². The monoisotopic (exact) mass is 483 g/mol. The summed E-state index contributed by atoms with van der Waals surface area (Å²) in [5.74, 6) is -0.620. The first-order valence-electron chi connectivity index (χ1n) is 10.7. The molecule has 0 radical (unpaired) electrons. The predicted octanol–water partition coefficient (Wildman–Crippen LogP) is 4.34. The van der Waals surface area contributed by atoms with Crippen molar-refractivity contribution in [3.05, 3.63) is 59.7 Å². The molecule has 33 heavy (non-hydrogen) atoms. The van der Waals surface area contributed by atoms with Crippen LogP contribution in [0.25, 0.3) is 0 Å². The Morgan fingerprint density at radius 1 is 1.09 bits per heavy atom. The number of carbonyl (C=O) groups is 1. The minimum atomic E-state index is -4.63. The number of piperidine rings is 1. The Morgan fingerprint density at radius 3 is 2.30 bits per heavy atom. The number of sulfonamides is 1. The normalized spacial score (nSPS) is 15.7.